The molecule has 1 atom stereocenters. The Bertz CT molecular complexity index is 1230. The van der Waals surface area contributed by atoms with Gasteiger partial charge in [-0.1, -0.05) is 30.3 Å². The smallest absolute Gasteiger partial charge is 0.263 e. The van der Waals surface area contributed by atoms with Crippen LogP contribution in [0.4, 0.5) is 10.3 Å². The van der Waals surface area contributed by atoms with Crippen LogP contribution >= 0.6 is 0 Å². The van der Waals surface area contributed by atoms with E-state index in [1.54, 1.807) is 16.8 Å². The minimum atomic E-state index is -0.841. The normalized spacial score (nSPS) is 14.7. The van der Waals surface area contributed by atoms with Gasteiger partial charge in [0.15, 0.2) is 5.65 Å². The molecule has 0 spiro atoms. The highest BCUT2D eigenvalue weighted by Crippen LogP contribution is 2.32. The lowest BCUT2D eigenvalue weighted by atomic mass is 10.1. The van der Waals surface area contributed by atoms with Gasteiger partial charge in [0.05, 0.1) is 24.5 Å². The molecule has 4 aromatic rings. The topological polar surface area (TPSA) is 87.0 Å². The first kappa shape index (κ1) is 18.5. The van der Waals surface area contributed by atoms with Gasteiger partial charge >= 0.3 is 0 Å². The molecule has 2 aromatic heterocycles. The van der Waals surface area contributed by atoms with Crippen molar-refractivity contribution in [1.29, 1.82) is 0 Å². The SMILES string of the molecule is O=c1[nH]c(N(CC(O)c2ccc(F)cc2)C2CC2)nc2c1cnn2-c1ccccc1. The van der Waals surface area contributed by atoms with E-state index in [2.05, 4.69) is 10.1 Å². The van der Waals surface area contributed by atoms with E-state index in [1.165, 1.54) is 18.3 Å². The molecular weight excluding hydrogens is 385 g/mol. The van der Waals surface area contributed by atoms with Crippen molar-refractivity contribution in [3.63, 3.8) is 0 Å². The molecule has 0 radical (unpaired) electrons. The predicted octanol–water partition coefficient (Wildman–Crippen LogP) is 2.95. The number of benzene rings is 2. The number of hydrogen-bond donors (Lipinski definition) is 2. The minimum absolute atomic E-state index is 0.189. The fourth-order valence-electron chi connectivity index (χ4n) is 3.57. The van der Waals surface area contributed by atoms with Crippen LogP contribution in [0, 0.1) is 5.82 Å². The molecule has 2 N–H and O–H groups in total. The van der Waals surface area contributed by atoms with E-state index in [-0.39, 0.29) is 24.0 Å². The van der Waals surface area contributed by atoms with Gasteiger partial charge in [0.2, 0.25) is 5.95 Å². The molecule has 152 valence electrons. The number of aliphatic hydroxyl groups is 1. The van der Waals surface area contributed by atoms with Crippen LogP contribution in [0.15, 0.2) is 65.6 Å². The number of para-hydroxylation sites is 1. The third-order valence-electron chi connectivity index (χ3n) is 5.31. The number of H-pyrrole nitrogens is 1. The van der Waals surface area contributed by atoms with E-state index in [4.69, 9.17) is 4.98 Å². The first-order valence-electron chi connectivity index (χ1n) is 9.84. The maximum absolute atomic E-state index is 13.2. The number of rotatable bonds is 6. The second kappa shape index (κ2) is 7.38. The van der Waals surface area contributed by atoms with Crippen LogP contribution in [0.2, 0.25) is 0 Å². The summed E-state index contributed by atoms with van der Waals surface area (Å²) in [4.78, 5) is 22.2. The van der Waals surface area contributed by atoms with Crippen molar-refractivity contribution in [2.75, 3.05) is 11.4 Å². The molecular formula is C22H20FN5O2. The Labute approximate surface area is 171 Å². The van der Waals surface area contributed by atoms with Gasteiger partial charge in [0.1, 0.15) is 11.2 Å². The van der Waals surface area contributed by atoms with Gasteiger partial charge < -0.3 is 10.0 Å². The van der Waals surface area contributed by atoms with E-state index < -0.39 is 6.10 Å². The summed E-state index contributed by atoms with van der Waals surface area (Å²) in [7, 11) is 0. The van der Waals surface area contributed by atoms with Crippen LogP contribution in [-0.4, -0.2) is 37.4 Å². The van der Waals surface area contributed by atoms with Crippen molar-refractivity contribution in [2.24, 2.45) is 0 Å². The molecule has 2 aromatic carbocycles. The molecule has 1 fully saturated rings. The Kier molecular flexibility index (Phi) is 4.55. The molecule has 0 bridgehead atoms. The maximum atomic E-state index is 13.2. The Balaban J connectivity index is 1.53. The highest BCUT2D eigenvalue weighted by atomic mass is 19.1. The number of fused-ring (bicyclic) bond motifs is 1. The molecule has 30 heavy (non-hydrogen) atoms. The molecule has 7 nitrogen and oxygen atoms in total. The van der Waals surface area contributed by atoms with Crippen LogP contribution in [0.25, 0.3) is 16.7 Å². The molecule has 0 saturated heterocycles. The molecule has 1 saturated carbocycles. The third-order valence-corrected chi connectivity index (χ3v) is 5.31. The van der Waals surface area contributed by atoms with Gasteiger partial charge in [-0.15, -0.1) is 0 Å². The summed E-state index contributed by atoms with van der Waals surface area (Å²) in [5.74, 6) is 0.0458. The standard InChI is InChI=1S/C22H20FN5O2/c23-15-8-6-14(7-9-15)19(29)13-27(16-10-11-16)22-25-20-18(21(30)26-22)12-24-28(20)17-4-2-1-3-5-17/h1-9,12,16,19,29H,10-11,13H2,(H,25,26,30). The zero-order valence-electron chi connectivity index (χ0n) is 16.1. The zero-order chi connectivity index (χ0) is 20.7. The summed E-state index contributed by atoms with van der Waals surface area (Å²) in [5.41, 5.74) is 1.60. The number of hydrogen-bond acceptors (Lipinski definition) is 5. The molecule has 5 rings (SSSR count). The van der Waals surface area contributed by atoms with Crippen molar-refractivity contribution in [3.05, 3.63) is 82.5 Å². The lowest BCUT2D eigenvalue weighted by Gasteiger charge is -2.26. The molecule has 0 aliphatic heterocycles. The number of aliphatic hydroxyl groups excluding tert-OH is 1. The van der Waals surface area contributed by atoms with Gasteiger partial charge in [-0.2, -0.15) is 10.1 Å². The molecule has 0 amide bonds. The molecule has 1 aliphatic rings. The average molecular weight is 405 g/mol. The summed E-state index contributed by atoms with van der Waals surface area (Å²) in [6, 6.07) is 15.5. The van der Waals surface area contributed by atoms with Crippen molar-refractivity contribution < 1.29 is 9.50 Å². The van der Waals surface area contributed by atoms with Crippen LogP contribution in [0.1, 0.15) is 24.5 Å². The fraction of sp³-hybridized carbons (Fsp3) is 0.227. The van der Waals surface area contributed by atoms with Crippen molar-refractivity contribution in [3.8, 4) is 5.69 Å². The third kappa shape index (κ3) is 3.46. The number of aromatic nitrogens is 4. The van der Waals surface area contributed by atoms with Crippen LogP contribution in [0.3, 0.4) is 0 Å². The van der Waals surface area contributed by atoms with Crippen LogP contribution in [-0.2, 0) is 0 Å². The van der Waals surface area contributed by atoms with Crippen LogP contribution < -0.4 is 10.5 Å². The van der Waals surface area contributed by atoms with Gasteiger partial charge in [-0.3, -0.25) is 9.78 Å². The highest BCUT2D eigenvalue weighted by molar-refractivity contribution is 5.76. The first-order valence-corrected chi connectivity index (χ1v) is 9.84. The summed E-state index contributed by atoms with van der Waals surface area (Å²) >= 11 is 0. The lowest BCUT2D eigenvalue weighted by Crippen LogP contribution is -2.33. The molecule has 1 aliphatic carbocycles. The molecule has 8 heteroatoms. The number of anilines is 1. The van der Waals surface area contributed by atoms with Crippen molar-refractivity contribution >= 4 is 17.0 Å². The molecule has 2 heterocycles. The molecule has 1 unspecified atom stereocenters. The number of nitrogens with one attached hydrogen (secondary N) is 1. The number of aromatic amines is 1. The van der Waals surface area contributed by atoms with E-state index in [0.717, 1.165) is 18.5 Å². The van der Waals surface area contributed by atoms with Gasteiger partial charge in [0, 0.05) is 6.04 Å². The number of halogens is 1. The summed E-state index contributed by atoms with van der Waals surface area (Å²) in [6.45, 7) is 0.240. The Morgan fingerprint density at radius 3 is 2.60 bits per heavy atom. The van der Waals surface area contributed by atoms with Crippen molar-refractivity contribution in [1.82, 2.24) is 19.7 Å². The van der Waals surface area contributed by atoms with E-state index in [0.29, 0.717) is 22.5 Å². The number of nitrogens with zero attached hydrogens (tertiary/aromatic N) is 4. The second-order valence-corrected chi connectivity index (χ2v) is 7.47. The maximum Gasteiger partial charge on any atom is 0.263 e. The quantitative estimate of drug-likeness (QED) is 0.515. The Morgan fingerprint density at radius 2 is 1.90 bits per heavy atom. The Morgan fingerprint density at radius 1 is 1.17 bits per heavy atom. The summed E-state index contributed by atoms with van der Waals surface area (Å²) in [6.07, 6.45) is 2.57. The second-order valence-electron chi connectivity index (χ2n) is 7.47. The minimum Gasteiger partial charge on any atom is -0.387 e. The van der Waals surface area contributed by atoms with E-state index >= 15 is 0 Å². The van der Waals surface area contributed by atoms with Crippen LogP contribution in [0.5, 0.6) is 0 Å². The largest absolute Gasteiger partial charge is 0.387 e. The van der Waals surface area contributed by atoms with E-state index in [9.17, 15) is 14.3 Å². The van der Waals surface area contributed by atoms with Gasteiger partial charge in [0.25, 0.3) is 5.56 Å². The summed E-state index contributed by atoms with van der Waals surface area (Å²) < 4.78 is 14.8. The average Bonchev–Trinajstić information content (AvgIpc) is 3.51. The Hall–Kier alpha value is -3.52. The fourth-order valence-corrected chi connectivity index (χ4v) is 3.57. The van der Waals surface area contributed by atoms with E-state index in [1.807, 2.05) is 35.2 Å². The lowest BCUT2D eigenvalue weighted by molar-refractivity contribution is 0.182. The monoisotopic (exact) mass is 405 g/mol. The van der Waals surface area contributed by atoms with Gasteiger partial charge in [-0.25, -0.2) is 9.07 Å². The van der Waals surface area contributed by atoms with Crippen molar-refractivity contribution in [2.45, 2.75) is 25.0 Å². The predicted molar refractivity (Wildman–Crippen MR) is 111 cm³/mol. The summed E-state index contributed by atoms with van der Waals surface area (Å²) in [5, 5.41) is 15.4. The highest BCUT2D eigenvalue weighted by Gasteiger charge is 2.33. The van der Waals surface area contributed by atoms with Gasteiger partial charge in [-0.05, 0) is 42.7 Å². The first-order chi connectivity index (χ1) is 14.6. The zero-order valence-corrected chi connectivity index (χ0v) is 16.1.